The molecule has 0 aromatic carbocycles. The number of hydrogen-bond acceptors (Lipinski definition) is 4. The first-order valence-electron chi connectivity index (χ1n) is 5.66. The van der Waals surface area contributed by atoms with Crippen molar-refractivity contribution in [2.45, 2.75) is 25.5 Å². The third-order valence-electron chi connectivity index (χ3n) is 2.61. The number of methoxy groups -OCH3 is 1. The molecular weight excluding hydrogens is 256 g/mol. The predicted octanol–water partition coefficient (Wildman–Crippen LogP) is 0.869. The van der Waals surface area contributed by atoms with Crippen molar-refractivity contribution in [3.8, 4) is 0 Å². The van der Waals surface area contributed by atoms with Gasteiger partial charge < -0.3 is 20.1 Å². The van der Waals surface area contributed by atoms with Crippen molar-refractivity contribution in [3.63, 3.8) is 0 Å². The van der Waals surface area contributed by atoms with Crippen LogP contribution in [0, 0.1) is 0 Å². The van der Waals surface area contributed by atoms with E-state index in [2.05, 4.69) is 5.32 Å². The van der Waals surface area contributed by atoms with Crippen molar-refractivity contribution in [3.05, 3.63) is 0 Å². The quantitative estimate of drug-likeness (QED) is 0.689. The van der Waals surface area contributed by atoms with Gasteiger partial charge in [0.15, 0.2) is 0 Å². The van der Waals surface area contributed by atoms with Gasteiger partial charge in [0.1, 0.15) is 0 Å². The van der Waals surface area contributed by atoms with Gasteiger partial charge in [-0.3, -0.25) is 4.79 Å². The highest BCUT2D eigenvalue weighted by Gasteiger charge is 2.18. The average molecular weight is 278 g/mol. The minimum atomic E-state index is -0.944. The predicted molar refractivity (Wildman–Crippen MR) is 72.1 cm³/mol. The van der Waals surface area contributed by atoms with Gasteiger partial charge in [-0.05, 0) is 13.2 Å². The molecule has 2 unspecified atom stereocenters. The number of aliphatic carboxylic acids is 1. The van der Waals surface area contributed by atoms with E-state index in [0.29, 0.717) is 0 Å². The second-order valence-electron chi connectivity index (χ2n) is 4.06. The number of ether oxygens (including phenoxy) is 1. The molecule has 7 heteroatoms. The summed E-state index contributed by atoms with van der Waals surface area (Å²) < 4.78 is 4.98. The zero-order valence-corrected chi connectivity index (χ0v) is 12.1. The Balaban J connectivity index is 4.10. The van der Waals surface area contributed by atoms with Crippen LogP contribution in [0.2, 0.25) is 0 Å². The largest absolute Gasteiger partial charge is 0.481 e. The van der Waals surface area contributed by atoms with Gasteiger partial charge in [-0.2, -0.15) is 11.8 Å². The molecule has 18 heavy (non-hydrogen) atoms. The SMILES string of the molecule is COC(CNC(=O)N(C)C(C)CSC)CC(=O)O. The number of carboxylic acid groups (broad SMARTS) is 1. The normalized spacial score (nSPS) is 13.8. The highest BCUT2D eigenvalue weighted by atomic mass is 32.2. The summed E-state index contributed by atoms with van der Waals surface area (Å²) in [4.78, 5) is 23.9. The molecular formula is C11H22N2O4S. The van der Waals surface area contributed by atoms with Crippen LogP contribution in [0.4, 0.5) is 4.79 Å². The summed E-state index contributed by atoms with van der Waals surface area (Å²) in [5.74, 6) is -0.0903. The molecule has 2 amide bonds. The summed E-state index contributed by atoms with van der Waals surface area (Å²) in [5.41, 5.74) is 0. The number of hydrogen-bond donors (Lipinski definition) is 2. The first-order valence-corrected chi connectivity index (χ1v) is 7.05. The standard InChI is InChI=1S/C11H22N2O4S/c1-8(7-18-4)13(2)11(16)12-6-9(17-3)5-10(14)15/h8-9H,5-7H2,1-4H3,(H,12,16)(H,14,15). The third kappa shape index (κ3) is 6.70. The molecule has 0 aliphatic heterocycles. The van der Waals surface area contributed by atoms with Gasteiger partial charge in [-0.1, -0.05) is 0 Å². The number of nitrogens with zero attached hydrogens (tertiary/aromatic N) is 1. The smallest absolute Gasteiger partial charge is 0.317 e. The Bertz CT molecular complexity index is 276. The van der Waals surface area contributed by atoms with Gasteiger partial charge in [0.2, 0.25) is 0 Å². The molecule has 0 fully saturated rings. The summed E-state index contributed by atoms with van der Waals surface area (Å²) in [5, 5.41) is 11.3. The summed E-state index contributed by atoms with van der Waals surface area (Å²) >= 11 is 1.67. The molecule has 0 aliphatic rings. The number of thioether (sulfide) groups is 1. The van der Waals surface area contributed by atoms with Crippen LogP contribution in [0.1, 0.15) is 13.3 Å². The molecule has 106 valence electrons. The van der Waals surface area contributed by atoms with Gasteiger partial charge in [-0.15, -0.1) is 0 Å². The molecule has 0 heterocycles. The van der Waals surface area contributed by atoms with Crippen LogP contribution < -0.4 is 5.32 Å². The van der Waals surface area contributed by atoms with Gasteiger partial charge in [0.05, 0.1) is 12.5 Å². The van der Waals surface area contributed by atoms with Gasteiger partial charge in [0, 0.05) is 32.5 Å². The van der Waals surface area contributed by atoms with E-state index < -0.39 is 12.1 Å². The third-order valence-corrected chi connectivity index (χ3v) is 3.42. The first kappa shape index (κ1) is 17.1. The number of nitrogens with one attached hydrogen (secondary N) is 1. The minimum Gasteiger partial charge on any atom is -0.481 e. The van der Waals surface area contributed by atoms with E-state index in [9.17, 15) is 9.59 Å². The highest BCUT2D eigenvalue weighted by Crippen LogP contribution is 2.04. The Morgan fingerprint density at radius 2 is 2.11 bits per heavy atom. The number of rotatable bonds is 8. The lowest BCUT2D eigenvalue weighted by Crippen LogP contribution is -2.46. The first-order chi connectivity index (χ1) is 8.42. The molecule has 0 saturated heterocycles. The number of urea groups is 1. The Hall–Kier alpha value is -0.950. The van der Waals surface area contributed by atoms with E-state index >= 15 is 0 Å². The second kappa shape index (κ2) is 9.04. The molecule has 0 radical (unpaired) electrons. The maximum absolute atomic E-state index is 11.8. The van der Waals surface area contributed by atoms with Crippen LogP contribution in [0.3, 0.4) is 0 Å². The van der Waals surface area contributed by atoms with Crippen molar-refractivity contribution < 1.29 is 19.4 Å². The van der Waals surface area contributed by atoms with Crippen molar-refractivity contribution in [1.82, 2.24) is 10.2 Å². The molecule has 2 N–H and O–H groups in total. The molecule has 0 aromatic rings. The van der Waals surface area contributed by atoms with Crippen molar-refractivity contribution >= 4 is 23.8 Å². The molecule has 0 spiro atoms. The van der Waals surface area contributed by atoms with Crippen molar-refractivity contribution in [2.24, 2.45) is 0 Å². The van der Waals surface area contributed by atoms with Gasteiger partial charge in [0.25, 0.3) is 0 Å². The summed E-state index contributed by atoms with van der Waals surface area (Å²) in [6.07, 6.45) is 1.35. The van der Waals surface area contributed by atoms with E-state index in [4.69, 9.17) is 9.84 Å². The number of carbonyl (C=O) groups excluding carboxylic acids is 1. The van der Waals surface area contributed by atoms with Crippen LogP contribution in [-0.4, -0.2) is 66.9 Å². The van der Waals surface area contributed by atoms with E-state index in [0.717, 1.165) is 5.75 Å². The lowest BCUT2D eigenvalue weighted by atomic mass is 10.2. The molecule has 0 rings (SSSR count). The van der Waals surface area contributed by atoms with Crippen LogP contribution in [0.15, 0.2) is 0 Å². The van der Waals surface area contributed by atoms with E-state index in [1.807, 2.05) is 13.2 Å². The lowest BCUT2D eigenvalue weighted by Gasteiger charge is -2.25. The van der Waals surface area contributed by atoms with E-state index in [1.165, 1.54) is 7.11 Å². The van der Waals surface area contributed by atoms with Crippen molar-refractivity contribution in [2.75, 3.05) is 32.7 Å². The minimum absolute atomic E-state index is 0.124. The molecule has 0 bridgehead atoms. The number of carbonyl (C=O) groups is 2. The lowest BCUT2D eigenvalue weighted by molar-refractivity contribution is -0.139. The van der Waals surface area contributed by atoms with Crippen LogP contribution in [0.5, 0.6) is 0 Å². The average Bonchev–Trinajstić information content (AvgIpc) is 2.32. The monoisotopic (exact) mass is 278 g/mol. The highest BCUT2D eigenvalue weighted by molar-refractivity contribution is 7.98. The zero-order chi connectivity index (χ0) is 14.1. The Morgan fingerprint density at radius 1 is 1.50 bits per heavy atom. The topological polar surface area (TPSA) is 78.9 Å². The fraction of sp³-hybridized carbons (Fsp3) is 0.818. The van der Waals surface area contributed by atoms with Gasteiger partial charge in [-0.25, -0.2) is 4.79 Å². The molecule has 0 aromatic heterocycles. The molecule has 2 atom stereocenters. The molecule has 6 nitrogen and oxygen atoms in total. The molecule has 0 aliphatic carbocycles. The van der Waals surface area contributed by atoms with Crippen molar-refractivity contribution in [1.29, 1.82) is 0 Å². The fourth-order valence-electron chi connectivity index (χ4n) is 1.31. The van der Waals surface area contributed by atoms with Crippen LogP contribution in [0.25, 0.3) is 0 Å². The zero-order valence-electron chi connectivity index (χ0n) is 11.3. The summed E-state index contributed by atoms with van der Waals surface area (Å²) in [6, 6.07) is -0.0931. The number of carboxylic acids is 1. The van der Waals surface area contributed by atoms with Crippen LogP contribution >= 0.6 is 11.8 Å². The van der Waals surface area contributed by atoms with Crippen LogP contribution in [-0.2, 0) is 9.53 Å². The summed E-state index contributed by atoms with van der Waals surface area (Å²) in [6.45, 7) is 2.15. The number of amides is 2. The van der Waals surface area contributed by atoms with E-state index in [-0.39, 0.29) is 25.0 Å². The summed E-state index contributed by atoms with van der Waals surface area (Å²) in [7, 11) is 3.15. The Morgan fingerprint density at radius 3 is 2.56 bits per heavy atom. The maximum atomic E-state index is 11.8. The second-order valence-corrected chi connectivity index (χ2v) is 4.97. The molecule has 0 saturated carbocycles. The van der Waals surface area contributed by atoms with E-state index in [1.54, 1.807) is 23.7 Å². The van der Waals surface area contributed by atoms with Gasteiger partial charge >= 0.3 is 12.0 Å². The fourth-order valence-corrected chi connectivity index (χ4v) is 2.02. The maximum Gasteiger partial charge on any atom is 0.317 e. The Labute approximate surface area is 112 Å². The Kier molecular flexibility index (Phi) is 8.57.